The van der Waals surface area contributed by atoms with E-state index in [1.807, 2.05) is 0 Å². The molecule has 0 radical (unpaired) electrons. The van der Waals surface area contributed by atoms with Gasteiger partial charge in [0.2, 0.25) is 0 Å². The van der Waals surface area contributed by atoms with Gasteiger partial charge in [0.15, 0.2) is 5.78 Å². The van der Waals surface area contributed by atoms with Crippen LogP contribution in [0.3, 0.4) is 0 Å². The van der Waals surface area contributed by atoms with E-state index < -0.39 is 0 Å². The third kappa shape index (κ3) is 4.28. The Kier molecular flexibility index (Phi) is 6.70. The van der Waals surface area contributed by atoms with Crippen LogP contribution in [0.4, 0.5) is 0 Å². The fourth-order valence-corrected chi connectivity index (χ4v) is 2.83. The maximum absolute atomic E-state index is 12.0. The molecule has 0 bridgehead atoms. The number of ketones is 1. The zero-order valence-corrected chi connectivity index (χ0v) is 11.7. The number of carbonyl (C=O) groups is 1. The maximum atomic E-state index is 12.0. The molecular weight excluding hydrogens is 271 g/mol. The van der Waals surface area contributed by atoms with Crippen molar-refractivity contribution >= 4 is 5.78 Å². The Morgan fingerprint density at radius 3 is 2.39 bits per heavy atom. The molecule has 2 nitrogen and oxygen atoms in total. The van der Waals surface area contributed by atoms with E-state index in [9.17, 15) is 9.90 Å². The van der Waals surface area contributed by atoms with Crippen molar-refractivity contribution in [2.45, 2.75) is 51.4 Å². The van der Waals surface area contributed by atoms with E-state index in [4.69, 9.17) is 0 Å². The summed E-state index contributed by atoms with van der Waals surface area (Å²) in [5.41, 5.74) is 0. The van der Waals surface area contributed by atoms with Gasteiger partial charge in [-0.2, -0.15) is 0 Å². The van der Waals surface area contributed by atoms with Gasteiger partial charge in [0.1, 0.15) is 0 Å². The molecule has 1 saturated carbocycles. The van der Waals surface area contributed by atoms with Gasteiger partial charge in [-0.15, -0.1) is 0 Å². The monoisotopic (exact) mass is 292 g/mol. The van der Waals surface area contributed by atoms with Crippen LogP contribution < -0.4 is 0 Å². The molecule has 0 aromatic heterocycles. The average molecular weight is 293 g/mol. The summed E-state index contributed by atoms with van der Waals surface area (Å²) in [6.07, 6.45) is 14.2. The molecule has 1 N–H and O–H groups in total. The quantitative estimate of drug-likeness (QED) is 0.370. The molecule has 2 rings (SSSR count). The van der Waals surface area contributed by atoms with Crippen LogP contribution in [0, 0.1) is 11.8 Å². The van der Waals surface area contributed by atoms with Gasteiger partial charge in [-0.25, -0.2) is 0 Å². The first-order valence-corrected chi connectivity index (χ1v) is 6.87. The molecule has 104 valence electrons. The maximum Gasteiger partial charge on any atom is 0.162 e. The predicted octanol–water partition coefficient (Wildman–Crippen LogP) is 3.93. The van der Waals surface area contributed by atoms with Gasteiger partial charge in [-0.1, -0.05) is 31.4 Å². The SMILES string of the molecule is O=C(/C=C(\O)C1CC=CCC1)C1CCCCC1.[Ni]. The van der Waals surface area contributed by atoms with Gasteiger partial charge >= 0.3 is 0 Å². The normalized spacial score (nSPS) is 25.6. The first kappa shape index (κ1) is 15.5. The molecule has 0 aliphatic heterocycles. The van der Waals surface area contributed by atoms with Crippen LogP contribution in [-0.4, -0.2) is 10.9 Å². The van der Waals surface area contributed by atoms with Gasteiger partial charge in [-0.3, -0.25) is 4.79 Å². The molecule has 0 aromatic carbocycles. The molecule has 0 saturated heterocycles. The van der Waals surface area contributed by atoms with Crippen molar-refractivity contribution < 1.29 is 26.4 Å². The summed E-state index contributed by atoms with van der Waals surface area (Å²) < 4.78 is 0. The largest absolute Gasteiger partial charge is 0.512 e. The Hall–Kier alpha value is -0.556. The molecule has 3 heteroatoms. The Bertz CT molecular complexity index is 327. The predicted molar refractivity (Wildman–Crippen MR) is 68.8 cm³/mol. The molecule has 0 aromatic rings. The van der Waals surface area contributed by atoms with Crippen molar-refractivity contribution in [1.82, 2.24) is 0 Å². The first-order chi connectivity index (χ1) is 8.27. The van der Waals surface area contributed by atoms with Crippen LogP contribution in [0.2, 0.25) is 0 Å². The molecule has 18 heavy (non-hydrogen) atoms. The second-order valence-corrected chi connectivity index (χ2v) is 5.29. The molecule has 0 spiro atoms. The van der Waals surface area contributed by atoms with Gasteiger partial charge in [0, 0.05) is 34.4 Å². The third-order valence-corrected chi connectivity index (χ3v) is 3.99. The molecule has 2 aliphatic carbocycles. The van der Waals surface area contributed by atoms with Crippen molar-refractivity contribution in [3.63, 3.8) is 0 Å². The zero-order valence-electron chi connectivity index (χ0n) is 10.7. The van der Waals surface area contributed by atoms with Crippen LogP contribution in [0.1, 0.15) is 51.4 Å². The molecule has 0 amide bonds. The van der Waals surface area contributed by atoms with E-state index in [0.29, 0.717) is 5.76 Å². The second kappa shape index (κ2) is 7.79. The second-order valence-electron chi connectivity index (χ2n) is 5.29. The van der Waals surface area contributed by atoms with Crippen LogP contribution in [-0.2, 0) is 21.3 Å². The molecule has 0 heterocycles. The van der Waals surface area contributed by atoms with Gasteiger partial charge in [0.05, 0.1) is 5.76 Å². The van der Waals surface area contributed by atoms with Crippen LogP contribution in [0.5, 0.6) is 0 Å². The van der Waals surface area contributed by atoms with Crippen LogP contribution in [0.25, 0.3) is 0 Å². The Morgan fingerprint density at radius 1 is 1.06 bits per heavy atom. The van der Waals surface area contributed by atoms with Gasteiger partial charge < -0.3 is 5.11 Å². The van der Waals surface area contributed by atoms with E-state index in [1.54, 1.807) is 0 Å². The number of hydrogen-bond acceptors (Lipinski definition) is 2. The summed E-state index contributed by atoms with van der Waals surface area (Å²) >= 11 is 0. The van der Waals surface area contributed by atoms with Crippen molar-refractivity contribution in [3.8, 4) is 0 Å². The summed E-state index contributed by atoms with van der Waals surface area (Å²) in [6.45, 7) is 0. The minimum Gasteiger partial charge on any atom is -0.512 e. The minimum atomic E-state index is 0. The van der Waals surface area contributed by atoms with E-state index in [1.165, 1.54) is 12.5 Å². The van der Waals surface area contributed by atoms with Gasteiger partial charge in [-0.05, 0) is 32.1 Å². The van der Waals surface area contributed by atoms with Gasteiger partial charge in [0.25, 0.3) is 0 Å². The van der Waals surface area contributed by atoms with E-state index >= 15 is 0 Å². The zero-order chi connectivity index (χ0) is 12.1. The molecule has 1 unspecified atom stereocenters. The summed E-state index contributed by atoms with van der Waals surface area (Å²) in [6, 6.07) is 0. The smallest absolute Gasteiger partial charge is 0.162 e. The fraction of sp³-hybridized carbons (Fsp3) is 0.667. The Morgan fingerprint density at radius 2 is 1.78 bits per heavy atom. The van der Waals surface area contributed by atoms with Crippen molar-refractivity contribution in [3.05, 3.63) is 24.0 Å². The molecule has 1 atom stereocenters. The Labute approximate surface area is 119 Å². The molecule has 2 aliphatic rings. The summed E-state index contributed by atoms with van der Waals surface area (Å²) in [4.78, 5) is 12.0. The molecular formula is C15H22NiO2. The molecule has 1 fully saturated rings. The number of allylic oxidation sites excluding steroid dienone is 4. The van der Waals surface area contributed by atoms with Crippen molar-refractivity contribution in [2.24, 2.45) is 11.8 Å². The number of aliphatic hydroxyl groups excluding tert-OH is 1. The van der Waals surface area contributed by atoms with E-state index in [2.05, 4.69) is 12.2 Å². The number of rotatable bonds is 3. The van der Waals surface area contributed by atoms with E-state index in [0.717, 1.165) is 44.9 Å². The summed E-state index contributed by atoms with van der Waals surface area (Å²) in [5.74, 6) is 0.805. The summed E-state index contributed by atoms with van der Waals surface area (Å²) in [5, 5.41) is 9.98. The first-order valence-electron chi connectivity index (χ1n) is 6.87. The van der Waals surface area contributed by atoms with Crippen molar-refractivity contribution in [2.75, 3.05) is 0 Å². The number of aliphatic hydroxyl groups is 1. The topological polar surface area (TPSA) is 37.3 Å². The number of carbonyl (C=O) groups excluding carboxylic acids is 1. The van der Waals surface area contributed by atoms with Crippen LogP contribution >= 0.6 is 0 Å². The average Bonchev–Trinajstić information content (AvgIpc) is 2.40. The van der Waals surface area contributed by atoms with Crippen LogP contribution in [0.15, 0.2) is 24.0 Å². The standard InChI is InChI=1S/C15H22O2.Ni/c16-14(12-7-3-1-4-8-12)11-15(17)13-9-5-2-6-10-13;/h1,3,11-13,16H,2,4-10H2;/b14-11-;. The summed E-state index contributed by atoms with van der Waals surface area (Å²) in [7, 11) is 0. The van der Waals surface area contributed by atoms with Crippen molar-refractivity contribution in [1.29, 1.82) is 0 Å². The Balaban J connectivity index is 0.00000162. The third-order valence-electron chi connectivity index (χ3n) is 3.99. The minimum absolute atomic E-state index is 0. The van der Waals surface area contributed by atoms with E-state index in [-0.39, 0.29) is 34.1 Å². The number of hydrogen-bond donors (Lipinski definition) is 1. The fourth-order valence-electron chi connectivity index (χ4n) is 2.83.